The van der Waals surface area contributed by atoms with Gasteiger partial charge < -0.3 is 10.6 Å². The highest BCUT2D eigenvalue weighted by Crippen LogP contribution is 2.04. The average molecular weight is 328 g/mol. The van der Waals surface area contributed by atoms with E-state index in [0.29, 0.717) is 18.5 Å². The molecule has 126 valence electrons. The van der Waals surface area contributed by atoms with Gasteiger partial charge in [0.25, 0.3) is 5.91 Å². The minimum absolute atomic E-state index is 0.143. The van der Waals surface area contributed by atoms with E-state index in [9.17, 15) is 14.0 Å². The van der Waals surface area contributed by atoms with Gasteiger partial charge in [0.2, 0.25) is 5.91 Å². The van der Waals surface area contributed by atoms with E-state index in [4.69, 9.17) is 0 Å². The van der Waals surface area contributed by atoms with Crippen LogP contribution in [0.4, 0.5) is 4.39 Å². The largest absolute Gasteiger partial charge is 0.356 e. The quantitative estimate of drug-likeness (QED) is 0.821. The highest BCUT2D eigenvalue weighted by atomic mass is 19.1. The zero-order valence-electron chi connectivity index (χ0n) is 13.6. The summed E-state index contributed by atoms with van der Waals surface area (Å²) in [6, 6.07) is 13.6. The summed E-state index contributed by atoms with van der Waals surface area (Å²) < 4.78 is 13.0. The Balaban J connectivity index is 1.65. The summed E-state index contributed by atoms with van der Waals surface area (Å²) in [4.78, 5) is 23.7. The lowest BCUT2D eigenvalue weighted by atomic mass is 10.1. The molecule has 0 heterocycles. The van der Waals surface area contributed by atoms with Gasteiger partial charge >= 0.3 is 0 Å². The Morgan fingerprint density at radius 2 is 1.79 bits per heavy atom. The molecule has 24 heavy (non-hydrogen) atoms. The summed E-state index contributed by atoms with van der Waals surface area (Å²) in [7, 11) is 0. The summed E-state index contributed by atoms with van der Waals surface area (Å²) in [5.41, 5.74) is 2.43. The van der Waals surface area contributed by atoms with E-state index in [2.05, 4.69) is 10.6 Å². The molecule has 0 saturated carbocycles. The second-order valence-corrected chi connectivity index (χ2v) is 5.61. The molecule has 0 radical (unpaired) electrons. The first kappa shape index (κ1) is 17.7. The summed E-state index contributed by atoms with van der Waals surface area (Å²) in [5.74, 6) is -0.611. The summed E-state index contributed by atoms with van der Waals surface area (Å²) in [5, 5.41) is 5.48. The third-order valence-electron chi connectivity index (χ3n) is 3.54. The van der Waals surface area contributed by atoms with Crippen molar-refractivity contribution in [3.63, 3.8) is 0 Å². The van der Waals surface area contributed by atoms with Crippen LogP contribution >= 0.6 is 0 Å². The molecule has 0 aliphatic carbocycles. The van der Waals surface area contributed by atoms with Crippen LogP contribution in [-0.4, -0.2) is 24.9 Å². The number of hydrogen-bond donors (Lipinski definition) is 2. The number of amides is 2. The van der Waals surface area contributed by atoms with Crippen molar-refractivity contribution in [2.24, 2.45) is 0 Å². The third kappa shape index (κ3) is 5.83. The van der Waals surface area contributed by atoms with Gasteiger partial charge in [-0.25, -0.2) is 4.39 Å². The highest BCUT2D eigenvalue weighted by Gasteiger charge is 2.06. The molecule has 4 nitrogen and oxygen atoms in total. The molecule has 2 aromatic carbocycles. The van der Waals surface area contributed by atoms with Crippen molar-refractivity contribution in [1.29, 1.82) is 0 Å². The SMILES string of the molecule is Cc1cccc(C(=O)NCCC(=O)NCCc2cccc(F)c2)c1. The molecule has 0 bridgehead atoms. The Kier molecular flexibility index (Phi) is 6.49. The fourth-order valence-electron chi connectivity index (χ4n) is 2.31. The van der Waals surface area contributed by atoms with Crippen molar-refractivity contribution >= 4 is 11.8 Å². The fourth-order valence-corrected chi connectivity index (χ4v) is 2.31. The molecule has 0 spiro atoms. The number of benzene rings is 2. The number of halogens is 1. The lowest BCUT2D eigenvalue weighted by Gasteiger charge is -2.07. The van der Waals surface area contributed by atoms with E-state index in [0.717, 1.165) is 11.1 Å². The van der Waals surface area contributed by atoms with Gasteiger partial charge in [0.15, 0.2) is 0 Å². The predicted molar refractivity (Wildman–Crippen MR) is 91.2 cm³/mol. The van der Waals surface area contributed by atoms with Gasteiger partial charge in [0.1, 0.15) is 5.82 Å². The molecule has 0 aliphatic rings. The fraction of sp³-hybridized carbons (Fsp3) is 0.263. The number of carbonyl (C=O) groups excluding carboxylic acids is 2. The minimum atomic E-state index is -0.280. The first-order chi connectivity index (χ1) is 11.5. The maximum Gasteiger partial charge on any atom is 0.251 e. The molecule has 2 amide bonds. The molecule has 0 aliphatic heterocycles. The summed E-state index contributed by atoms with van der Waals surface area (Å²) in [6.45, 7) is 2.63. The first-order valence-electron chi connectivity index (χ1n) is 7.90. The van der Waals surface area contributed by atoms with Crippen LogP contribution in [0.15, 0.2) is 48.5 Å². The third-order valence-corrected chi connectivity index (χ3v) is 3.54. The summed E-state index contributed by atoms with van der Waals surface area (Å²) >= 11 is 0. The lowest BCUT2D eigenvalue weighted by Crippen LogP contribution is -2.31. The smallest absolute Gasteiger partial charge is 0.251 e. The molecule has 0 aromatic heterocycles. The van der Waals surface area contributed by atoms with E-state index in [-0.39, 0.29) is 30.6 Å². The van der Waals surface area contributed by atoms with Crippen LogP contribution in [-0.2, 0) is 11.2 Å². The van der Waals surface area contributed by atoms with E-state index in [1.54, 1.807) is 18.2 Å². The van der Waals surface area contributed by atoms with Crippen molar-refractivity contribution in [2.45, 2.75) is 19.8 Å². The zero-order valence-corrected chi connectivity index (χ0v) is 13.6. The Labute approximate surface area is 141 Å². The van der Waals surface area contributed by atoms with E-state index in [1.165, 1.54) is 12.1 Å². The first-order valence-corrected chi connectivity index (χ1v) is 7.90. The van der Waals surface area contributed by atoms with Crippen molar-refractivity contribution in [3.8, 4) is 0 Å². The number of aryl methyl sites for hydroxylation is 1. The van der Waals surface area contributed by atoms with Crippen LogP contribution in [0.1, 0.15) is 27.9 Å². The number of nitrogens with one attached hydrogen (secondary N) is 2. The standard InChI is InChI=1S/C19H21FN2O2/c1-14-4-2-6-16(12-14)19(24)22-11-9-18(23)21-10-8-15-5-3-7-17(20)13-15/h2-7,12-13H,8-11H2,1H3,(H,21,23)(H,22,24). The van der Waals surface area contributed by atoms with Gasteiger partial charge in [-0.15, -0.1) is 0 Å². The number of hydrogen-bond acceptors (Lipinski definition) is 2. The maximum atomic E-state index is 13.0. The number of rotatable bonds is 7. The van der Waals surface area contributed by atoms with E-state index in [1.807, 2.05) is 25.1 Å². The van der Waals surface area contributed by atoms with Crippen molar-refractivity contribution in [3.05, 3.63) is 71.0 Å². The average Bonchev–Trinajstić information content (AvgIpc) is 2.55. The monoisotopic (exact) mass is 328 g/mol. The van der Waals surface area contributed by atoms with Gasteiger partial charge in [-0.3, -0.25) is 9.59 Å². The Morgan fingerprint density at radius 1 is 1.00 bits per heavy atom. The van der Waals surface area contributed by atoms with Crippen LogP contribution in [0, 0.1) is 12.7 Å². The second kappa shape index (κ2) is 8.82. The molecular formula is C19H21FN2O2. The van der Waals surface area contributed by atoms with Gasteiger partial charge in [-0.05, 0) is 43.2 Å². The van der Waals surface area contributed by atoms with Gasteiger partial charge in [0.05, 0.1) is 0 Å². The Bertz CT molecular complexity index is 716. The van der Waals surface area contributed by atoms with Crippen LogP contribution in [0.2, 0.25) is 0 Å². The normalized spacial score (nSPS) is 10.2. The molecule has 2 rings (SSSR count). The molecule has 0 saturated heterocycles. The van der Waals surface area contributed by atoms with E-state index < -0.39 is 0 Å². The molecule has 2 aromatic rings. The van der Waals surface area contributed by atoms with Crippen LogP contribution < -0.4 is 10.6 Å². The molecule has 2 N–H and O–H groups in total. The van der Waals surface area contributed by atoms with Crippen LogP contribution in [0.25, 0.3) is 0 Å². The lowest BCUT2D eigenvalue weighted by molar-refractivity contribution is -0.120. The van der Waals surface area contributed by atoms with Gasteiger partial charge in [-0.1, -0.05) is 29.8 Å². The predicted octanol–water partition coefficient (Wildman–Crippen LogP) is 2.61. The molecule has 5 heteroatoms. The minimum Gasteiger partial charge on any atom is -0.356 e. The molecule has 0 fully saturated rings. The summed E-state index contributed by atoms with van der Waals surface area (Å²) in [6.07, 6.45) is 0.778. The Hall–Kier alpha value is -2.69. The number of carbonyl (C=O) groups is 2. The van der Waals surface area contributed by atoms with Gasteiger partial charge in [0, 0.05) is 25.1 Å². The van der Waals surface area contributed by atoms with Crippen molar-refractivity contribution < 1.29 is 14.0 Å². The second-order valence-electron chi connectivity index (χ2n) is 5.61. The zero-order chi connectivity index (χ0) is 17.4. The van der Waals surface area contributed by atoms with Crippen molar-refractivity contribution in [2.75, 3.05) is 13.1 Å². The van der Waals surface area contributed by atoms with Crippen LogP contribution in [0.5, 0.6) is 0 Å². The van der Waals surface area contributed by atoms with Gasteiger partial charge in [-0.2, -0.15) is 0 Å². The molecular weight excluding hydrogens is 307 g/mol. The van der Waals surface area contributed by atoms with Crippen LogP contribution in [0.3, 0.4) is 0 Å². The topological polar surface area (TPSA) is 58.2 Å². The molecule has 0 atom stereocenters. The van der Waals surface area contributed by atoms with E-state index >= 15 is 0 Å². The molecule has 0 unspecified atom stereocenters. The maximum absolute atomic E-state index is 13.0. The highest BCUT2D eigenvalue weighted by molar-refractivity contribution is 5.94. The van der Waals surface area contributed by atoms with Crippen molar-refractivity contribution in [1.82, 2.24) is 10.6 Å². The Morgan fingerprint density at radius 3 is 2.54 bits per heavy atom.